The molecular formula is C18H20INO4. The van der Waals surface area contributed by atoms with Gasteiger partial charge in [-0.25, -0.2) is 0 Å². The lowest BCUT2D eigenvalue weighted by atomic mass is 10.1. The third-order valence-electron chi connectivity index (χ3n) is 3.35. The van der Waals surface area contributed by atoms with E-state index in [9.17, 15) is 4.79 Å². The van der Waals surface area contributed by atoms with Gasteiger partial charge >= 0.3 is 0 Å². The number of halogens is 1. The van der Waals surface area contributed by atoms with E-state index in [0.29, 0.717) is 30.2 Å². The molecule has 128 valence electrons. The molecule has 0 fully saturated rings. The van der Waals surface area contributed by atoms with E-state index in [-0.39, 0.29) is 12.5 Å². The predicted molar refractivity (Wildman–Crippen MR) is 101 cm³/mol. The highest BCUT2D eigenvalue weighted by molar-refractivity contribution is 14.1. The van der Waals surface area contributed by atoms with Crippen molar-refractivity contribution in [3.8, 4) is 17.2 Å². The lowest BCUT2D eigenvalue weighted by molar-refractivity contribution is -0.123. The molecule has 0 heterocycles. The highest BCUT2D eigenvalue weighted by Crippen LogP contribution is 2.27. The molecule has 1 N–H and O–H groups in total. The number of nitrogens with one attached hydrogen (secondary N) is 1. The van der Waals surface area contributed by atoms with Gasteiger partial charge in [0.1, 0.15) is 5.75 Å². The molecule has 2 aromatic carbocycles. The van der Waals surface area contributed by atoms with Crippen LogP contribution < -0.4 is 19.5 Å². The van der Waals surface area contributed by atoms with E-state index in [4.69, 9.17) is 14.2 Å². The molecule has 2 rings (SSSR count). The number of rotatable bonds is 8. The van der Waals surface area contributed by atoms with Gasteiger partial charge in [0, 0.05) is 10.1 Å². The summed E-state index contributed by atoms with van der Waals surface area (Å²) in [6.45, 7) is 0.538. The molecule has 0 atom stereocenters. The van der Waals surface area contributed by atoms with E-state index in [2.05, 4.69) is 27.9 Å². The Morgan fingerprint density at radius 2 is 1.88 bits per heavy atom. The Labute approximate surface area is 155 Å². The molecule has 0 radical (unpaired) electrons. The Kier molecular flexibility index (Phi) is 7.17. The minimum Gasteiger partial charge on any atom is -0.493 e. The maximum atomic E-state index is 11.8. The van der Waals surface area contributed by atoms with E-state index in [0.717, 1.165) is 9.13 Å². The van der Waals surface area contributed by atoms with Gasteiger partial charge in [0.15, 0.2) is 18.1 Å². The molecule has 0 bridgehead atoms. The molecule has 0 saturated carbocycles. The number of carbonyl (C=O) groups excluding carboxylic acids is 1. The van der Waals surface area contributed by atoms with Gasteiger partial charge in [-0.05, 0) is 64.9 Å². The van der Waals surface area contributed by atoms with Crippen LogP contribution >= 0.6 is 22.6 Å². The monoisotopic (exact) mass is 441 g/mol. The second-order valence-electron chi connectivity index (χ2n) is 5.04. The van der Waals surface area contributed by atoms with Crippen LogP contribution in [-0.2, 0) is 11.2 Å². The zero-order chi connectivity index (χ0) is 17.4. The highest BCUT2D eigenvalue weighted by Gasteiger charge is 2.06. The van der Waals surface area contributed by atoms with Crippen molar-refractivity contribution >= 4 is 28.5 Å². The number of hydrogen-bond acceptors (Lipinski definition) is 4. The van der Waals surface area contributed by atoms with Crippen LogP contribution in [0.4, 0.5) is 0 Å². The van der Waals surface area contributed by atoms with E-state index in [1.807, 2.05) is 42.5 Å². The summed E-state index contributed by atoms with van der Waals surface area (Å²) in [5.41, 5.74) is 1.06. The third-order valence-corrected chi connectivity index (χ3v) is 4.02. The Bertz CT molecular complexity index is 690. The van der Waals surface area contributed by atoms with E-state index in [1.165, 1.54) is 0 Å². The molecule has 24 heavy (non-hydrogen) atoms. The number of carbonyl (C=O) groups is 1. The largest absolute Gasteiger partial charge is 0.493 e. The average Bonchev–Trinajstić information content (AvgIpc) is 2.60. The molecule has 0 spiro atoms. The Hall–Kier alpha value is -1.96. The second-order valence-corrected chi connectivity index (χ2v) is 6.28. The molecular weight excluding hydrogens is 421 g/mol. The van der Waals surface area contributed by atoms with Crippen LogP contribution in [0.15, 0.2) is 42.5 Å². The van der Waals surface area contributed by atoms with E-state index in [1.54, 1.807) is 14.2 Å². The van der Waals surface area contributed by atoms with Gasteiger partial charge in [-0.2, -0.15) is 0 Å². The smallest absolute Gasteiger partial charge is 0.257 e. The summed E-state index contributed by atoms with van der Waals surface area (Å²) < 4.78 is 17.0. The first-order valence-corrected chi connectivity index (χ1v) is 8.56. The first kappa shape index (κ1) is 18.4. The zero-order valence-corrected chi connectivity index (χ0v) is 15.8. The standard InChI is InChI=1S/C18H20INO4/c1-22-16-7-6-13(10-17(16)23-2)8-9-20-18(21)12-24-15-5-3-4-14(19)11-15/h3-7,10-11H,8-9,12H2,1-2H3,(H,20,21). The van der Waals surface area contributed by atoms with Crippen LogP contribution in [0.5, 0.6) is 17.2 Å². The Morgan fingerprint density at radius 3 is 2.58 bits per heavy atom. The molecule has 0 aliphatic heterocycles. The number of hydrogen-bond donors (Lipinski definition) is 1. The summed E-state index contributed by atoms with van der Waals surface area (Å²) in [7, 11) is 3.21. The predicted octanol–water partition coefficient (Wildman–Crippen LogP) is 3.05. The summed E-state index contributed by atoms with van der Waals surface area (Å²) in [6, 6.07) is 13.3. The number of ether oxygens (including phenoxy) is 3. The minimum absolute atomic E-state index is 0.00598. The van der Waals surface area contributed by atoms with Gasteiger partial charge in [0.05, 0.1) is 14.2 Å². The second kappa shape index (κ2) is 9.36. The maximum absolute atomic E-state index is 11.8. The fraction of sp³-hybridized carbons (Fsp3) is 0.278. The maximum Gasteiger partial charge on any atom is 0.257 e. The number of benzene rings is 2. The number of amides is 1. The molecule has 0 unspecified atom stereocenters. The summed E-state index contributed by atoms with van der Waals surface area (Å²) >= 11 is 2.20. The minimum atomic E-state index is -0.144. The summed E-state index contributed by atoms with van der Waals surface area (Å²) in [5.74, 6) is 1.92. The van der Waals surface area contributed by atoms with Gasteiger partial charge < -0.3 is 19.5 Å². The average molecular weight is 441 g/mol. The van der Waals surface area contributed by atoms with Crippen molar-refractivity contribution in [1.82, 2.24) is 5.32 Å². The van der Waals surface area contributed by atoms with Crippen molar-refractivity contribution in [2.75, 3.05) is 27.4 Å². The lowest BCUT2D eigenvalue weighted by Crippen LogP contribution is -2.30. The van der Waals surface area contributed by atoms with Gasteiger partial charge in [0.25, 0.3) is 5.91 Å². The van der Waals surface area contributed by atoms with Crippen molar-refractivity contribution in [3.63, 3.8) is 0 Å². The summed E-state index contributed by atoms with van der Waals surface area (Å²) in [4.78, 5) is 11.8. The van der Waals surface area contributed by atoms with Crippen molar-refractivity contribution in [3.05, 3.63) is 51.6 Å². The molecule has 0 aliphatic carbocycles. The van der Waals surface area contributed by atoms with Crippen LogP contribution in [0, 0.1) is 3.57 Å². The van der Waals surface area contributed by atoms with Gasteiger partial charge in [0.2, 0.25) is 0 Å². The van der Waals surface area contributed by atoms with Crippen molar-refractivity contribution in [1.29, 1.82) is 0 Å². The van der Waals surface area contributed by atoms with Crippen molar-refractivity contribution in [2.45, 2.75) is 6.42 Å². The first-order chi connectivity index (χ1) is 11.6. The van der Waals surface area contributed by atoms with Crippen molar-refractivity contribution in [2.24, 2.45) is 0 Å². The van der Waals surface area contributed by atoms with Gasteiger partial charge in [-0.3, -0.25) is 4.79 Å². The molecule has 0 saturated heterocycles. The summed E-state index contributed by atoms with van der Waals surface area (Å²) in [6.07, 6.45) is 0.704. The molecule has 2 aromatic rings. The van der Waals surface area contributed by atoms with Crippen molar-refractivity contribution < 1.29 is 19.0 Å². The fourth-order valence-electron chi connectivity index (χ4n) is 2.14. The van der Waals surface area contributed by atoms with Crippen LogP contribution in [0.2, 0.25) is 0 Å². The molecule has 1 amide bonds. The van der Waals surface area contributed by atoms with E-state index >= 15 is 0 Å². The number of methoxy groups -OCH3 is 2. The topological polar surface area (TPSA) is 56.8 Å². The van der Waals surface area contributed by atoms with E-state index < -0.39 is 0 Å². The third kappa shape index (κ3) is 5.59. The summed E-state index contributed by atoms with van der Waals surface area (Å²) in [5, 5.41) is 2.84. The molecule has 0 aliphatic rings. The van der Waals surface area contributed by atoms with Gasteiger partial charge in [-0.1, -0.05) is 12.1 Å². The Morgan fingerprint density at radius 1 is 1.08 bits per heavy atom. The van der Waals surface area contributed by atoms with Crippen LogP contribution in [-0.4, -0.2) is 33.3 Å². The SMILES string of the molecule is COc1ccc(CCNC(=O)COc2cccc(I)c2)cc1OC. The molecule has 6 heteroatoms. The quantitative estimate of drug-likeness (QED) is 0.640. The molecule has 0 aromatic heterocycles. The lowest BCUT2D eigenvalue weighted by Gasteiger charge is -2.10. The molecule has 5 nitrogen and oxygen atoms in total. The fourth-order valence-corrected chi connectivity index (χ4v) is 2.65. The Balaban J connectivity index is 1.76. The normalized spacial score (nSPS) is 10.1. The zero-order valence-electron chi connectivity index (χ0n) is 13.7. The van der Waals surface area contributed by atoms with Crippen LogP contribution in [0.1, 0.15) is 5.56 Å². The van der Waals surface area contributed by atoms with Crippen LogP contribution in [0.3, 0.4) is 0 Å². The van der Waals surface area contributed by atoms with Crippen LogP contribution in [0.25, 0.3) is 0 Å². The highest BCUT2D eigenvalue weighted by atomic mass is 127. The van der Waals surface area contributed by atoms with Gasteiger partial charge in [-0.15, -0.1) is 0 Å². The first-order valence-electron chi connectivity index (χ1n) is 7.48.